The molecule has 0 saturated carbocycles. The molecule has 1 atom stereocenters. The highest BCUT2D eigenvalue weighted by Crippen LogP contribution is 2.35. The number of carboxylic acids is 1. The summed E-state index contributed by atoms with van der Waals surface area (Å²) in [5, 5.41) is 9.44. The van der Waals surface area contributed by atoms with Crippen molar-refractivity contribution in [2.45, 2.75) is 32.1 Å². The molecule has 7 heteroatoms. The Morgan fingerprint density at radius 2 is 1.95 bits per heavy atom. The van der Waals surface area contributed by atoms with E-state index in [1.165, 1.54) is 12.3 Å². The Balaban J connectivity index is 2.73. The standard InChI is InChI=1S/C14H15F3N2O2/c1-7(2)19-6-10(12(18)13(20)21)9-4-3-8(5-11(9)19)14(15,16)17/h3-7,12H,18H2,1-2H3,(H,20,21). The quantitative estimate of drug-likeness (QED) is 0.913. The second-order valence-electron chi connectivity index (χ2n) is 5.13. The fourth-order valence-electron chi connectivity index (χ4n) is 2.26. The van der Waals surface area contributed by atoms with Gasteiger partial charge in [-0.05, 0) is 26.0 Å². The number of hydrogen-bond acceptors (Lipinski definition) is 2. The number of halogens is 3. The molecule has 1 unspecified atom stereocenters. The van der Waals surface area contributed by atoms with Crippen LogP contribution in [0.2, 0.25) is 0 Å². The van der Waals surface area contributed by atoms with E-state index in [4.69, 9.17) is 10.8 Å². The number of aromatic nitrogens is 1. The van der Waals surface area contributed by atoms with Crippen LogP contribution in [0, 0.1) is 0 Å². The van der Waals surface area contributed by atoms with E-state index in [-0.39, 0.29) is 6.04 Å². The number of alkyl halides is 3. The normalized spacial score (nSPS) is 13.9. The predicted molar refractivity (Wildman–Crippen MR) is 71.9 cm³/mol. The van der Waals surface area contributed by atoms with Crippen LogP contribution in [0.5, 0.6) is 0 Å². The van der Waals surface area contributed by atoms with Gasteiger partial charge in [0.2, 0.25) is 0 Å². The number of fused-ring (bicyclic) bond motifs is 1. The van der Waals surface area contributed by atoms with Gasteiger partial charge in [0.1, 0.15) is 6.04 Å². The van der Waals surface area contributed by atoms with Gasteiger partial charge in [-0.2, -0.15) is 13.2 Å². The van der Waals surface area contributed by atoms with Crippen molar-refractivity contribution >= 4 is 16.9 Å². The molecule has 0 spiro atoms. The zero-order valence-corrected chi connectivity index (χ0v) is 11.5. The van der Waals surface area contributed by atoms with Crippen LogP contribution in [0.3, 0.4) is 0 Å². The van der Waals surface area contributed by atoms with E-state index in [9.17, 15) is 18.0 Å². The first-order chi connectivity index (χ1) is 9.62. The molecule has 21 heavy (non-hydrogen) atoms. The number of rotatable bonds is 3. The molecule has 0 aliphatic carbocycles. The smallest absolute Gasteiger partial charge is 0.416 e. The Morgan fingerprint density at radius 3 is 2.43 bits per heavy atom. The Morgan fingerprint density at radius 1 is 1.33 bits per heavy atom. The molecule has 1 heterocycles. The lowest BCUT2D eigenvalue weighted by Crippen LogP contribution is -2.20. The molecule has 0 fully saturated rings. The van der Waals surface area contributed by atoms with Gasteiger partial charge in [-0.25, -0.2) is 0 Å². The first-order valence-electron chi connectivity index (χ1n) is 6.33. The molecular weight excluding hydrogens is 285 g/mol. The summed E-state index contributed by atoms with van der Waals surface area (Å²) < 4.78 is 40.0. The second-order valence-corrected chi connectivity index (χ2v) is 5.13. The van der Waals surface area contributed by atoms with Gasteiger partial charge in [-0.1, -0.05) is 6.07 Å². The van der Waals surface area contributed by atoms with Crippen LogP contribution in [0.15, 0.2) is 24.4 Å². The van der Waals surface area contributed by atoms with Crippen LogP contribution >= 0.6 is 0 Å². The zero-order valence-electron chi connectivity index (χ0n) is 11.5. The Labute approximate surface area is 119 Å². The molecule has 2 aromatic rings. The fourth-order valence-corrected chi connectivity index (χ4v) is 2.26. The molecule has 3 N–H and O–H groups in total. The average Bonchev–Trinajstić information content (AvgIpc) is 2.75. The van der Waals surface area contributed by atoms with Crippen LogP contribution in [0.25, 0.3) is 10.9 Å². The Kier molecular flexibility index (Phi) is 3.71. The van der Waals surface area contributed by atoms with Crippen molar-refractivity contribution in [1.82, 2.24) is 4.57 Å². The topological polar surface area (TPSA) is 68.2 Å². The third-order valence-corrected chi connectivity index (χ3v) is 3.35. The molecule has 1 aromatic heterocycles. The van der Waals surface area contributed by atoms with E-state index in [1.807, 2.05) is 0 Å². The summed E-state index contributed by atoms with van der Waals surface area (Å²) in [5.41, 5.74) is 5.46. The Hall–Kier alpha value is -2.02. The van der Waals surface area contributed by atoms with Crippen LogP contribution in [0.4, 0.5) is 13.2 Å². The minimum absolute atomic E-state index is 0.120. The van der Waals surface area contributed by atoms with Crippen LogP contribution in [0.1, 0.15) is 37.1 Å². The summed E-state index contributed by atoms with van der Waals surface area (Å²) in [6.07, 6.45) is -2.94. The van der Waals surface area contributed by atoms with Gasteiger partial charge in [0, 0.05) is 28.7 Å². The molecule has 114 valence electrons. The highest BCUT2D eigenvalue weighted by molar-refractivity contribution is 5.90. The van der Waals surface area contributed by atoms with Crippen LogP contribution < -0.4 is 5.73 Å². The van der Waals surface area contributed by atoms with Crippen molar-refractivity contribution < 1.29 is 23.1 Å². The lowest BCUT2D eigenvalue weighted by molar-refractivity contribution is -0.139. The number of nitrogens with two attached hydrogens (primary N) is 1. The van der Waals surface area contributed by atoms with Gasteiger partial charge in [0.15, 0.2) is 0 Å². The minimum Gasteiger partial charge on any atom is -0.480 e. The van der Waals surface area contributed by atoms with Gasteiger partial charge < -0.3 is 15.4 Å². The van der Waals surface area contributed by atoms with Crippen molar-refractivity contribution in [3.63, 3.8) is 0 Å². The average molecular weight is 300 g/mol. The monoisotopic (exact) mass is 300 g/mol. The van der Waals surface area contributed by atoms with E-state index in [0.29, 0.717) is 16.5 Å². The molecule has 2 rings (SSSR count). The number of carbonyl (C=O) groups is 1. The van der Waals surface area contributed by atoms with Gasteiger partial charge in [-0.3, -0.25) is 4.79 Å². The van der Waals surface area contributed by atoms with E-state index < -0.39 is 23.8 Å². The zero-order chi connectivity index (χ0) is 15.9. The lowest BCUT2D eigenvalue weighted by atomic mass is 10.0. The highest BCUT2D eigenvalue weighted by atomic mass is 19.4. The first kappa shape index (κ1) is 15.4. The highest BCUT2D eigenvalue weighted by Gasteiger charge is 2.31. The SMILES string of the molecule is CC(C)n1cc(C(N)C(=O)O)c2ccc(C(F)(F)F)cc21. The molecule has 0 aliphatic heterocycles. The number of hydrogen-bond donors (Lipinski definition) is 2. The summed E-state index contributed by atoms with van der Waals surface area (Å²) in [7, 11) is 0. The molecule has 4 nitrogen and oxygen atoms in total. The molecule has 0 amide bonds. The molecule has 0 radical (unpaired) electrons. The summed E-state index contributed by atoms with van der Waals surface area (Å²) in [6.45, 7) is 3.60. The summed E-state index contributed by atoms with van der Waals surface area (Å²) >= 11 is 0. The molecule has 0 bridgehead atoms. The second kappa shape index (κ2) is 5.07. The third-order valence-electron chi connectivity index (χ3n) is 3.35. The summed E-state index contributed by atoms with van der Waals surface area (Å²) in [5.74, 6) is -1.22. The number of benzene rings is 1. The predicted octanol–water partition coefficient (Wildman–Crippen LogP) is 3.33. The molecule has 0 aliphatic rings. The maximum absolute atomic E-state index is 12.8. The first-order valence-corrected chi connectivity index (χ1v) is 6.33. The number of carboxylic acid groups (broad SMARTS) is 1. The molecular formula is C14H15F3N2O2. The lowest BCUT2D eigenvalue weighted by Gasteiger charge is -2.11. The van der Waals surface area contributed by atoms with Gasteiger partial charge in [0.25, 0.3) is 0 Å². The third kappa shape index (κ3) is 2.73. The van der Waals surface area contributed by atoms with E-state index >= 15 is 0 Å². The maximum Gasteiger partial charge on any atom is 0.416 e. The Bertz CT molecular complexity index is 689. The van der Waals surface area contributed by atoms with E-state index in [1.54, 1.807) is 18.4 Å². The maximum atomic E-state index is 12.8. The molecule has 0 saturated heterocycles. The summed E-state index contributed by atoms with van der Waals surface area (Å²) in [4.78, 5) is 11.0. The summed E-state index contributed by atoms with van der Waals surface area (Å²) in [6, 6.07) is 1.84. The molecule has 1 aromatic carbocycles. The number of nitrogens with zero attached hydrogens (tertiary/aromatic N) is 1. The van der Waals surface area contributed by atoms with Crippen molar-refractivity contribution in [1.29, 1.82) is 0 Å². The van der Waals surface area contributed by atoms with Crippen molar-refractivity contribution in [3.05, 3.63) is 35.5 Å². The van der Waals surface area contributed by atoms with Gasteiger partial charge in [0.05, 0.1) is 5.56 Å². The number of aliphatic carboxylic acids is 1. The minimum atomic E-state index is -4.45. The van der Waals surface area contributed by atoms with Crippen LogP contribution in [-0.4, -0.2) is 15.6 Å². The van der Waals surface area contributed by atoms with E-state index in [2.05, 4.69) is 0 Å². The van der Waals surface area contributed by atoms with Crippen molar-refractivity contribution in [2.24, 2.45) is 5.73 Å². The van der Waals surface area contributed by atoms with Gasteiger partial charge >= 0.3 is 12.1 Å². The van der Waals surface area contributed by atoms with Crippen molar-refractivity contribution in [3.8, 4) is 0 Å². The van der Waals surface area contributed by atoms with Crippen molar-refractivity contribution in [2.75, 3.05) is 0 Å². The van der Waals surface area contributed by atoms with Crippen LogP contribution in [-0.2, 0) is 11.0 Å². The van der Waals surface area contributed by atoms with E-state index in [0.717, 1.165) is 12.1 Å². The largest absolute Gasteiger partial charge is 0.480 e. The van der Waals surface area contributed by atoms with Gasteiger partial charge in [-0.15, -0.1) is 0 Å². The fraction of sp³-hybridized carbons (Fsp3) is 0.357.